The summed E-state index contributed by atoms with van der Waals surface area (Å²) in [4.78, 5) is 13.7. The first-order chi connectivity index (χ1) is 9.30. The summed E-state index contributed by atoms with van der Waals surface area (Å²) in [5.74, 6) is -0.180. The molecular formula is C12H15NO5S2. The second-order valence-electron chi connectivity index (χ2n) is 4.56. The molecule has 1 heterocycles. The van der Waals surface area contributed by atoms with E-state index in [4.69, 9.17) is 0 Å². The highest BCUT2D eigenvalue weighted by molar-refractivity contribution is 8.00. The molecule has 0 spiro atoms. The lowest BCUT2D eigenvalue weighted by molar-refractivity contribution is 0.0749. The number of nitrogens with zero attached hydrogens (tertiary/aromatic N) is 1. The Kier molecular flexibility index (Phi) is 4.14. The lowest BCUT2D eigenvalue weighted by Gasteiger charge is -2.34. The molecule has 1 unspecified atom stereocenters. The smallest absolute Gasteiger partial charge is 0.255 e. The molecule has 1 aromatic carbocycles. The number of hydrogen-bond acceptors (Lipinski definition) is 6. The van der Waals surface area contributed by atoms with Crippen LogP contribution in [0.3, 0.4) is 0 Å². The molecule has 1 aliphatic rings. The van der Waals surface area contributed by atoms with Gasteiger partial charge in [-0.15, -0.1) is 0 Å². The lowest BCUT2D eigenvalue weighted by atomic mass is 10.1. The molecule has 0 bridgehead atoms. The second kappa shape index (κ2) is 5.53. The van der Waals surface area contributed by atoms with Gasteiger partial charge in [0, 0.05) is 29.9 Å². The third kappa shape index (κ3) is 3.01. The molecule has 1 aliphatic heterocycles. The molecular weight excluding hydrogens is 302 g/mol. The molecule has 2 rings (SSSR count). The SMILES string of the molecule is CS(=O)(=O)C1CSCCN1C(=O)c1ccc(O)c(O)c1. The van der Waals surface area contributed by atoms with E-state index in [1.165, 1.54) is 28.8 Å². The van der Waals surface area contributed by atoms with Crippen molar-refractivity contribution in [1.82, 2.24) is 4.90 Å². The van der Waals surface area contributed by atoms with Crippen LogP contribution in [0.25, 0.3) is 0 Å². The van der Waals surface area contributed by atoms with Crippen LogP contribution in [-0.4, -0.2) is 59.1 Å². The van der Waals surface area contributed by atoms with Gasteiger partial charge in [-0.3, -0.25) is 4.79 Å². The maximum Gasteiger partial charge on any atom is 0.255 e. The van der Waals surface area contributed by atoms with E-state index in [-0.39, 0.29) is 11.3 Å². The molecule has 1 atom stereocenters. The van der Waals surface area contributed by atoms with Crippen molar-refractivity contribution in [3.63, 3.8) is 0 Å². The molecule has 1 aromatic rings. The average Bonchev–Trinajstić information content (AvgIpc) is 2.40. The molecule has 0 saturated carbocycles. The van der Waals surface area contributed by atoms with Gasteiger partial charge in [-0.2, -0.15) is 11.8 Å². The Morgan fingerprint density at radius 3 is 2.65 bits per heavy atom. The maximum absolute atomic E-state index is 12.4. The first-order valence-corrected chi connectivity index (χ1v) is 9.01. The molecule has 20 heavy (non-hydrogen) atoms. The van der Waals surface area contributed by atoms with Gasteiger partial charge in [0.25, 0.3) is 5.91 Å². The normalized spacial score (nSPS) is 19.9. The van der Waals surface area contributed by atoms with E-state index >= 15 is 0 Å². The van der Waals surface area contributed by atoms with Gasteiger partial charge in [0.1, 0.15) is 5.37 Å². The molecule has 0 aromatic heterocycles. The molecule has 2 N–H and O–H groups in total. The monoisotopic (exact) mass is 317 g/mol. The van der Waals surface area contributed by atoms with E-state index in [1.54, 1.807) is 0 Å². The predicted octanol–water partition coefficient (Wildman–Crippen LogP) is 0.657. The summed E-state index contributed by atoms with van der Waals surface area (Å²) in [5.41, 5.74) is 0.154. The molecule has 1 saturated heterocycles. The zero-order valence-electron chi connectivity index (χ0n) is 10.8. The Balaban J connectivity index is 2.32. The Morgan fingerprint density at radius 1 is 1.35 bits per heavy atom. The third-order valence-corrected chi connectivity index (χ3v) is 5.71. The number of carbonyl (C=O) groups excluding carboxylic acids is 1. The van der Waals surface area contributed by atoms with E-state index in [9.17, 15) is 23.4 Å². The largest absolute Gasteiger partial charge is 0.504 e. The van der Waals surface area contributed by atoms with Crippen LogP contribution in [0.15, 0.2) is 18.2 Å². The molecule has 6 nitrogen and oxygen atoms in total. The van der Waals surface area contributed by atoms with E-state index in [2.05, 4.69) is 0 Å². The Hall–Kier alpha value is -1.41. The highest BCUT2D eigenvalue weighted by Crippen LogP contribution is 2.27. The summed E-state index contributed by atoms with van der Waals surface area (Å²) < 4.78 is 23.5. The minimum absolute atomic E-state index is 0.154. The van der Waals surface area contributed by atoms with Gasteiger partial charge in [0.2, 0.25) is 0 Å². The zero-order valence-corrected chi connectivity index (χ0v) is 12.4. The van der Waals surface area contributed by atoms with Crippen LogP contribution < -0.4 is 0 Å². The number of rotatable bonds is 2. The van der Waals surface area contributed by atoms with Crippen molar-refractivity contribution in [2.75, 3.05) is 24.3 Å². The van der Waals surface area contributed by atoms with Crippen LogP contribution >= 0.6 is 11.8 Å². The number of thioether (sulfide) groups is 1. The van der Waals surface area contributed by atoms with Crippen LogP contribution in [0.5, 0.6) is 11.5 Å². The number of phenols is 2. The Morgan fingerprint density at radius 2 is 2.05 bits per heavy atom. The molecule has 1 amide bonds. The third-order valence-electron chi connectivity index (χ3n) is 3.06. The van der Waals surface area contributed by atoms with Crippen molar-refractivity contribution >= 4 is 27.5 Å². The van der Waals surface area contributed by atoms with Crippen LogP contribution in [0.2, 0.25) is 0 Å². The van der Waals surface area contributed by atoms with Crippen molar-refractivity contribution < 1.29 is 23.4 Å². The standard InChI is InChI=1S/C12H15NO5S2/c1-20(17,18)11-7-19-5-4-13(11)12(16)8-2-3-9(14)10(15)6-8/h2-3,6,11,14-15H,4-5,7H2,1H3. The summed E-state index contributed by atoms with van der Waals surface area (Å²) >= 11 is 1.49. The molecule has 8 heteroatoms. The molecule has 1 fully saturated rings. The topological polar surface area (TPSA) is 94.9 Å². The molecule has 0 aliphatic carbocycles. The predicted molar refractivity (Wildman–Crippen MR) is 76.8 cm³/mol. The van der Waals surface area contributed by atoms with Crippen molar-refractivity contribution in [2.24, 2.45) is 0 Å². The van der Waals surface area contributed by atoms with Gasteiger partial charge < -0.3 is 15.1 Å². The fraction of sp³-hybridized carbons (Fsp3) is 0.417. The van der Waals surface area contributed by atoms with Gasteiger partial charge >= 0.3 is 0 Å². The van der Waals surface area contributed by atoms with Crippen LogP contribution in [0, 0.1) is 0 Å². The quantitative estimate of drug-likeness (QED) is 0.778. The van der Waals surface area contributed by atoms with E-state index in [0.717, 1.165) is 12.3 Å². The zero-order chi connectivity index (χ0) is 14.9. The highest BCUT2D eigenvalue weighted by atomic mass is 32.2. The average molecular weight is 317 g/mol. The van der Waals surface area contributed by atoms with Crippen molar-refractivity contribution in [1.29, 1.82) is 0 Å². The fourth-order valence-electron chi connectivity index (χ4n) is 1.99. The van der Waals surface area contributed by atoms with Gasteiger partial charge in [0.15, 0.2) is 21.3 Å². The van der Waals surface area contributed by atoms with Crippen LogP contribution in [0.1, 0.15) is 10.4 Å². The van der Waals surface area contributed by atoms with Crippen molar-refractivity contribution in [3.8, 4) is 11.5 Å². The number of sulfone groups is 1. The minimum atomic E-state index is -3.37. The minimum Gasteiger partial charge on any atom is -0.504 e. The second-order valence-corrected chi connectivity index (χ2v) is 7.91. The van der Waals surface area contributed by atoms with Crippen molar-refractivity contribution in [3.05, 3.63) is 23.8 Å². The summed E-state index contributed by atoms with van der Waals surface area (Å²) in [6.45, 7) is 0.336. The van der Waals surface area contributed by atoms with Gasteiger partial charge in [-0.25, -0.2) is 8.42 Å². The lowest BCUT2D eigenvalue weighted by Crippen LogP contribution is -2.49. The first-order valence-electron chi connectivity index (χ1n) is 5.90. The van der Waals surface area contributed by atoms with Gasteiger partial charge in [-0.1, -0.05) is 0 Å². The van der Waals surface area contributed by atoms with Gasteiger partial charge in [-0.05, 0) is 18.2 Å². The summed E-state index contributed by atoms with van der Waals surface area (Å²) in [6.07, 6.45) is 1.11. The number of phenolic OH excluding ortho intramolecular Hbond substituents is 2. The summed E-state index contributed by atoms with van der Waals surface area (Å²) in [6, 6.07) is 3.70. The van der Waals surface area contributed by atoms with E-state index in [1.807, 2.05) is 0 Å². The number of aromatic hydroxyl groups is 2. The number of benzene rings is 1. The van der Waals surface area contributed by atoms with Gasteiger partial charge in [0.05, 0.1) is 0 Å². The molecule has 110 valence electrons. The molecule has 0 radical (unpaired) electrons. The Labute approximate surface area is 121 Å². The summed E-state index contributed by atoms with van der Waals surface area (Å²) in [5, 5.41) is 17.8. The fourth-order valence-corrected chi connectivity index (χ4v) is 4.81. The highest BCUT2D eigenvalue weighted by Gasteiger charge is 2.34. The number of carbonyl (C=O) groups is 1. The van der Waals surface area contributed by atoms with Crippen molar-refractivity contribution in [2.45, 2.75) is 5.37 Å². The number of amides is 1. The van der Waals surface area contributed by atoms with E-state index < -0.39 is 26.9 Å². The maximum atomic E-state index is 12.4. The first kappa shape index (κ1) is 15.0. The summed E-state index contributed by atoms with van der Waals surface area (Å²) in [7, 11) is -3.37. The van der Waals surface area contributed by atoms with E-state index in [0.29, 0.717) is 18.1 Å². The number of hydrogen-bond donors (Lipinski definition) is 2. The van der Waals surface area contributed by atoms with Crippen LogP contribution in [-0.2, 0) is 9.84 Å². The van der Waals surface area contributed by atoms with Crippen LogP contribution in [0.4, 0.5) is 0 Å². The Bertz CT molecular complexity index is 629.